The quantitative estimate of drug-likeness (QED) is 0.723. The third-order valence-corrected chi connectivity index (χ3v) is 3.09. The predicted octanol–water partition coefficient (Wildman–Crippen LogP) is 2.16. The Kier molecular flexibility index (Phi) is 2.26. The molecule has 3 N–H and O–H groups in total. The molecule has 0 saturated heterocycles. The van der Waals surface area contributed by atoms with Crippen LogP contribution in [-0.2, 0) is 7.05 Å². The number of rotatable bonds is 2. The molecule has 3 rings (SSSR count). The number of nitrogens with two attached hydrogens (primary N) is 1. The van der Waals surface area contributed by atoms with Crippen LogP contribution in [0.2, 0.25) is 0 Å². The summed E-state index contributed by atoms with van der Waals surface area (Å²) in [4.78, 5) is 3.22. The highest BCUT2D eigenvalue weighted by molar-refractivity contribution is 5.97. The third-order valence-electron chi connectivity index (χ3n) is 3.09. The zero-order chi connectivity index (χ0) is 12.7. The molecule has 2 heterocycles. The van der Waals surface area contributed by atoms with Crippen molar-refractivity contribution in [3.63, 3.8) is 0 Å². The van der Waals surface area contributed by atoms with Crippen LogP contribution in [0.1, 0.15) is 0 Å². The number of fused-ring (bicyclic) bond motifs is 1. The molecule has 0 atom stereocenters. The number of hydrogen-bond acceptors (Lipinski definition) is 3. The first-order valence-electron chi connectivity index (χ1n) is 5.64. The molecule has 0 unspecified atom stereocenters. The molecule has 0 aliphatic rings. The number of hydrogen-bond donors (Lipinski definition) is 2. The van der Waals surface area contributed by atoms with Gasteiger partial charge in [-0.05, 0) is 6.07 Å². The molecule has 0 aliphatic heterocycles. The summed E-state index contributed by atoms with van der Waals surface area (Å²) in [5, 5.41) is 5.47. The summed E-state index contributed by atoms with van der Waals surface area (Å²) in [7, 11) is 3.49. The normalized spacial score (nSPS) is 11.0. The predicted molar refractivity (Wildman–Crippen MR) is 71.5 cm³/mol. The van der Waals surface area contributed by atoms with Gasteiger partial charge in [0.2, 0.25) is 0 Å². The number of H-pyrrole nitrogens is 1. The van der Waals surface area contributed by atoms with Gasteiger partial charge in [-0.25, -0.2) is 0 Å². The Hall–Kier alpha value is -2.43. The second kappa shape index (κ2) is 3.80. The summed E-state index contributed by atoms with van der Waals surface area (Å²) in [6.07, 6.45) is 1.93. The van der Waals surface area contributed by atoms with Crippen molar-refractivity contribution >= 4 is 16.7 Å². The highest BCUT2D eigenvalue weighted by Gasteiger charge is 2.12. The van der Waals surface area contributed by atoms with Crippen LogP contribution in [0.3, 0.4) is 0 Å². The van der Waals surface area contributed by atoms with E-state index in [9.17, 15) is 0 Å². The number of nitrogens with one attached hydrogen (secondary N) is 1. The minimum Gasteiger partial charge on any atom is -0.495 e. The molecule has 0 saturated carbocycles. The minimum atomic E-state index is 0.641. The van der Waals surface area contributed by atoms with E-state index in [1.54, 1.807) is 11.8 Å². The minimum absolute atomic E-state index is 0.641. The Balaban J connectivity index is 2.24. The van der Waals surface area contributed by atoms with E-state index in [4.69, 9.17) is 10.5 Å². The molecule has 0 radical (unpaired) electrons. The van der Waals surface area contributed by atoms with Crippen LogP contribution in [0.5, 0.6) is 5.75 Å². The van der Waals surface area contributed by atoms with Gasteiger partial charge in [0, 0.05) is 30.3 Å². The van der Waals surface area contributed by atoms with Crippen LogP contribution in [0.25, 0.3) is 22.2 Å². The number of anilines is 1. The topological polar surface area (TPSA) is 68.9 Å². The smallest absolute Gasteiger partial charge is 0.142 e. The van der Waals surface area contributed by atoms with Crippen LogP contribution in [0.4, 0.5) is 5.82 Å². The number of benzene rings is 1. The fraction of sp³-hybridized carbons (Fsp3) is 0.154. The Morgan fingerprint density at radius 1 is 1.39 bits per heavy atom. The molecule has 0 fully saturated rings. The van der Waals surface area contributed by atoms with Gasteiger partial charge in [-0.1, -0.05) is 12.1 Å². The highest BCUT2D eigenvalue weighted by atomic mass is 16.5. The maximum absolute atomic E-state index is 5.81. The van der Waals surface area contributed by atoms with E-state index >= 15 is 0 Å². The zero-order valence-corrected chi connectivity index (χ0v) is 10.3. The molecular weight excluding hydrogens is 228 g/mol. The second-order valence-electron chi connectivity index (χ2n) is 4.16. The van der Waals surface area contributed by atoms with Crippen LogP contribution >= 0.6 is 0 Å². The Bertz CT molecular complexity index is 691. The molecule has 5 nitrogen and oxygen atoms in total. The van der Waals surface area contributed by atoms with Gasteiger partial charge < -0.3 is 15.5 Å². The van der Waals surface area contributed by atoms with Crippen LogP contribution < -0.4 is 10.5 Å². The van der Waals surface area contributed by atoms with E-state index < -0.39 is 0 Å². The molecule has 5 heteroatoms. The van der Waals surface area contributed by atoms with Crippen molar-refractivity contribution in [2.24, 2.45) is 7.05 Å². The molecule has 3 aromatic rings. The number of aromatic amines is 1. The van der Waals surface area contributed by atoms with E-state index in [0.717, 1.165) is 27.9 Å². The van der Waals surface area contributed by atoms with Crippen molar-refractivity contribution in [1.82, 2.24) is 14.8 Å². The number of nitrogen functional groups attached to an aromatic ring is 1. The van der Waals surface area contributed by atoms with Crippen molar-refractivity contribution in [2.75, 3.05) is 12.8 Å². The van der Waals surface area contributed by atoms with Crippen LogP contribution in [0, 0.1) is 0 Å². The summed E-state index contributed by atoms with van der Waals surface area (Å²) >= 11 is 0. The van der Waals surface area contributed by atoms with Gasteiger partial charge in [0.25, 0.3) is 0 Å². The van der Waals surface area contributed by atoms with E-state index in [2.05, 4.69) is 10.1 Å². The molecule has 92 valence electrons. The van der Waals surface area contributed by atoms with Crippen molar-refractivity contribution in [3.8, 4) is 17.0 Å². The van der Waals surface area contributed by atoms with Gasteiger partial charge >= 0.3 is 0 Å². The fourth-order valence-electron chi connectivity index (χ4n) is 2.12. The lowest BCUT2D eigenvalue weighted by atomic mass is 10.1. The molecule has 18 heavy (non-hydrogen) atoms. The van der Waals surface area contributed by atoms with E-state index in [1.807, 2.05) is 37.5 Å². The standard InChI is InChI=1S/C13H14N4O/c1-17-12(14)6-10(16-17)9-7-15-13-8(9)4-3-5-11(13)18-2/h3-7,15H,14H2,1-2H3. The molecule has 1 aromatic carbocycles. The summed E-state index contributed by atoms with van der Waals surface area (Å²) in [6, 6.07) is 7.79. The van der Waals surface area contributed by atoms with Crippen LogP contribution in [0.15, 0.2) is 30.5 Å². The Morgan fingerprint density at radius 2 is 2.22 bits per heavy atom. The van der Waals surface area contributed by atoms with Gasteiger partial charge in [-0.2, -0.15) is 5.10 Å². The van der Waals surface area contributed by atoms with Gasteiger partial charge in [0.15, 0.2) is 0 Å². The van der Waals surface area contributed by atoms with Gasteiger partial charge in [0.05, 0.1) is 18.3 Å². The third kappa shape index (κ3) is 1.44. The number of aryl methyl sites for hydroxylation is 1. The SMILES string of the molecule is COc1cccc2c(-c3cc(N)n(C)n3)c[nH]c12. The molecule has 0 amide bonds. The monoisotopic (exact) mass is 242 g/mol. The van der Waals surface area contributed by atoms with Gasteiger partial charge in [0.1, 0.15) is 11.6 Å². The molecular formula is C13H14N4O. The zero-order valence-electron chi connectivity index (χ0n) is 10.3. The largest absolute Gasteiger partial charge is 0.495 e. The van der Waals surface area contributed by atoms with E-state index in [0.29, 0.717) is 5.82 Å². The summed E-state index contributed by atoms with van der Waals surface area (Å²) in [5.74, 6) is 1.46. The Morgan fingerprint density at radius 3 is 2.89 bits per heavy atom. The lowest BCUT2D eigenvalue weighted by molar-refractivity contribution is 0.419. The molecule has 0 spiro atoms. The first-order chi connectivity index (χ1) is 8.70. The van der Waals surface area contributed by atoms with E-state index in [1.165, 1.54) is 0 Å². The van der Waals surface area contributed by atoms with Crippen LogP contribution in [-0.4, -0.2) is 21.9 Å². The number of methoxy groups -OCH3 is 1. The summed E-state index contributed by atoms with van der Waals surface area (Å²) in [5.41, 5.74) is 8.66. The van der Waals surface area contributed by atoms with Crippen molar-refractivity contribution in [3.05, 3.63) is 30.5 Å². The molecule has 0 aliphatic carbocycles. The maximum atomic E-state index is 5.81. The number of nitrogens with zero attached hydrogens (tertiary/aromatic N) is 2. The summed E-state index contributed by atoms with van der Waals surface area (Å²) in [6.45, 7) is 0. The Labute approximate surface area is 104 Å². The van der Waals surface area contributed by atoms with Crippen molar-refractivity contribution in [2.45, 2.75) is 0 Å². The van der Waals surface area contributed by atoms with Crippen molar-refractivity contribution < 1.29 is 4.74 Å². The number of ether oxygens (including phenoxy) is 1. The molecule has 0 bridgehead atoms. The van der Waals surface area contributed by atoms with Crippen molar-refractivity contribution in [1.29, 1.82) is 0 Å². The second-order valence-corrected chi connectivity index (χ2v) is 4.16. The average molecular weight is 242 g/mol. The number of para-hydroxylation sites is 1. The fourth-order valence-corrected chi connectivity index (χ4v) is 2.12. The number of aromatic nitrogens is 3. The first-order valence-corrected chi connectivity index (χ1v) is 5.64. The summed E-state index contributed by atoms with van der Waals surface area (Å²) < 4.78 is 6.99. The van der Waals surface area contributed by atoms with Gasteiger partial charge in [-0.3, -0.25) is 4.68 Å². The average Bonchev–Trinajstić information content (AvgIpc) is 2.93. The lowest BCUT2D eigenvalue weighted by Crippen LogP contribution is -1.96. The molecule has 2 aromatic heterocycles. The highest BCUT2D eigenvalue weighted by Crippen LogP contribution is 2.32. The lowest BCUT2D eigenvalue weighted by Gasteiger charge is -2.01. The van der Waals surface area contributed by atoms with E-state index in [-0.39, 0.29) is 0 Å². The maximum Gasteiger partial charge on any atom is 0.142 e. The first kappa shape index (κ1) is 10.7. The van der Waals surface area contributed by atoms with Gasteiger partial charge in [-0.15, -0.1) is 0 Å².